The molecule has 1 aromatic heterocycles. The zero-order chi connectivity index (χ0) is 11.0. The highest BCUT2D eigenvalue weighted by molar-refractivity contribution is 7.99. The average Bonchev–Trinajstić information content (AvgIpc) is 2.63. The van der Waals surface area contributed by atoms with E-state index in [9.17, 15) is 5.11 Å². The minimum atomic E-state index is -0.450. The van der Waals surface area contributed by atoms with Gasteiger partial charge in [-0.05, 0) is 12.8 Å². The highest BCUT2D eigenvalue weighted by atomic mass is 32.2. The van der Waals surface area contributed by atoms with Crippen LogP contribution in [0.15, 0.2) is 11.2 Å². The van der Waals surface area contributed by atoms with Crippen molar-refractivity contribution < 1.29 is 10.6 Å². The van der Waals surface area contributed by atoms with E-state index >= 15 is 0 Å². The van der Waals surface area contributed by atoms with E-state index in [-0.39, 0.29) is 5.48 Å². The van der Waals surface area contributed by atoms with Gasteiger partial charge in [0.2, 0.25) is 0 Å². The molecule has 4 N–H and O–H groups in total. The van der Waals surface area contributed by atoms with Crippen LogP contribution in [0.4, 0.5) is 5.82 Å². The third kappa shape index (κ3) is 2.38. The van der Waals surface area contributed by atoms with Gasteiger partial charge in [-0.2, -0.15) is 0 Å². The van der Waals surface area contributed by atoms with Gasteiger partial charge in [-0.25, -0.2) is 9.97 Å². The molecule has 94 valence electrons. The first-order valence-electron chi connectivity index (χ1n) is 5.76. The van der Waals surface area contributed by atoms with Crippen LogP contribution in [0.5, 0.6) is 0 Å². The lowest BCUT2D eigenvalue weighted by Crippen LogP contribution is -2.33. The lowest BCUT2D eigenvalue weighted by atomic mass is 9.84. The maximum Gasteiger partial charge on any atom is 0.145 e. The number of hydrogen-bond acceptors (Lipinski definition) is 5. The fourth-order valence-corrected chi connectivity index (χ4v) is 3.18. The highest BCUT2D eigenvalue weighted by Crippen LogP contribution is 2.36. The molecule has 17 heavy (non-hydrogen) atoms. The zero-order valence-corrected chi connectivity index (χ0v) is 10.3. The summed E-state index contributed by atoms with van der Waals surface area (Å²) in [5.41, 5.74) is 1.11. The molecule has 5 nitrogen and oxygen atoms in total. The first-order valence-corrected chi connectivity index (χ1v) is 6.74. The molecule has 1 atom stereocenters. The molecule has 1 saturated carbocycles. The molecule has 1 unspecified atom stereocenters. The molecule has 0 radical (unpaired) electrons. The lowest BCUT2D eigenvalue weighted by molar-refractivity contribution is 0.0845. The number of hydrogen-bond donors (Lipinski definition) is 2. The van der Waals surface area contributed by atoms with E-state index in [0.717, 1.165) is 41.4 Å². The highest BCUT2D eigenvalue weighted by Gasteiger charge is 2.27. The first kappa shape index (κ1) is 12.6. The number of nitrogens with zero attached hydrogens (tertiary/aromatic N) is 2. The van der Waals surface area contributed by atoms with Crippen molar-refractivity contribution in [2.45, 2.75) is 36.8 Å². The van der Waals surface area contributed by atoms with Crippen molar-refractivity contribution in [2.75, 3.05) is 11.1 Å². The number of nitrogens with one attached hydrogen (secondary N) is 1. The second kappa shape index (κ2) is 5.20. The number of aromatic nitrogens is 2. The molecular formula is C11H17N3O2S. The Kier molecular flexibility index (Phi) is 3.86. The van der Waals surface area contributed by atoms with E-state index < -0.39 is 6.23 Å². The minimum Gasteiger partial charge on any atom is -0.412 e. The van der Waals surface area contributed by atoms with Crippen LogP contribution in [0.25, 0.3) is 0 Å². The van der Waals surface area contributed by atoms with Crippen molar-refractivity contribution in [3.05, 3.63) is 12.0 Å². The van der Waals surface area contributed by atoms with E-state index in [0.29, 0.717) is 5.92 Å². The fourth-order valence-electron chi connectivity index (χ4n) is 2.11. The van der Waals surface area contributed by atoms with Crippen LogP contribution in [-0.2, 0) is 6.42 Å². The van der Waals surface area contributed by atoms with Gasteiger partial charge in [0.1, 0.15) is 18.4 Å². The van der Waals surface area contributed by atoms with Gasteiger partial charge in [0.15, 0.2) is 0 Å². The molecule has 0 amide bonds. The largest absolute Gasteiger partial charge is 0.412 e. The van der Waals surface area contributed by atoms with Crippen molar-refractivity contribution >= 4 is 17.6 Å². The van der Waals surface area contributed by atoms with Crippen LogP contribution in [0.1, 0.15) is 25.0 Å². The van der Waals surface area contributed by atoms with Gasteiger partial charge in [0, 0.05) is 18.1 Å². The monoisotopic (exact) mass is 255 g/mol. The third-order valence-electron chi connectivity index (χ3n) is 3.34. The standard InChI is InChI=1S/C11H15N3OS.H2O/c15-11(7-2-1-3-7)14-10-9-8(4-5-16-9)12-6-13-10;/h6-7,11,15H,1-5H2,(H,12,13,14);1H2. The smallest absolute Gasteiger partial charge is 0.145 e. The van der Waals surface area contributed by atoms with Crippen LogP contribution < -0.4 is 5.32 Å². The molecule has 0 saturated heterocycles. The quantitative estimate of drug-likeness (QED) is 0.781. The summed E-state index contributed by atoms with van der Waals surface area (Å²) in [6.45, 7) is 0. The second-order valence-electron chi connectivity index (χ2n) is 4.38. The summed E-state index contributed by atoms with van der Waals surface area (Å²) < 4.78 is 0. The van der Waals surface area contributed by atoms with Crippen LogP contribution in [0, 0.1) is 5.92 Å². The predicted molar refractivity (Wildman–Crippen MR) is 67.0 cm³/mol. The maximum absolute atomic E-state index is 9.97. The van der Waals surface area contributed by atoms with Gasteiger partial charge < -0.3 is 15.9 Å². The van der Waals surface area contributed by atoms with Crippen molar-refractivity contribution in [1.29, 1.82) is 0 Å². The normalized spacial score (nSPS) is 20.1. The molecule has 1 aromatic rings. The molecule has 1 aliphatic heterocycles. The van der Waals surface area contributed by atoms with Gasteiger partial charge in [-0.1, -0.05) is 6.42 Å². The summed E-state index contributed by atoms with van der Waals surface area (Å²) in [6.07, 6.45) is 5.62. The summed E-state index contributed by atoms with van der Waals surface area (Å²) in [4.78, 5) is 9.61. The Balaban J connectivity index is 0.00000108. The van der Waals surface area contributed by atoms with Gasteiger partial charge in [0.05, 0.1) is 10.6 Å². The average molecular weight is 255 g/mol. The molecule has 6 heteroatoms. The molecule has 0 spiro atoms. The van der Waals surface area contributed by atoms with E-state index in [1.807, 2.05) is 0 Å². The van der Waals surface area contributed by atoms with Crippen LogP contribution in [-0.4, -0.2) is 32.5 Å². The third-order valence-corrected chi connectivity index (χ3v) is 4.47. The summed E-state index contributed by atoms with van der Waals surface area (Å²) in [5, 5.41) is 13.1. The summed E-state index contributed by atoms with van der Waals surface area (Å²) in [6, 6.07) is 0. The van der Waals surface area contributed by atoms with Gasteiger partial charge >= 0.3 is 0 Å². The maximum atomic E-state index is 9.97. The summed E-state index contributed by atoms with van der Waals surface area (Å²) in [5.74, 6) is 2.28. The van der Waals surface area contributed by atoms with Crippen LogP contribution in [0.3, 0.4) is 0 Å². The lowest BCUT2D eigenvalue weighted by Gasteiger charge is -2.31. The van der Waals surface area contributed by atoms with Crippen molar-refractivity contribution in [1.82, 2.24) is 9.97 Å². The zero-order valence-electron chi connectivity index (χ0n) is 9.52. The number of aryl methyl sites for hydroxylation is 1. The molecule has 1 fully saturated rings. The van der Waals surface area contributed by atoms with Gasteiger partial charge in [0.25, 0.3) is 0 Å². The number of anilines is 1. The Labute approximate surface area is 104 Å². The summed E-state index contributed by atoms with van der Waals surface area (Å²) >= 11 is 1.78. The van der Waals surface area contributed by atoms with E-state index in [1.165, 1.54) is 6.42 Å². The van der Waals surface area contributed by atoms with Crippen LogP contribution in [0.2, 0.25) is 0 Å². The number of thioether (sulfide) groups is 1. The molecule has 2 aliphatic rings. The molecule has 0 bridgehead atoms. The van der Waals surface area contributed by atoms with E-state index in [1.54, 1.807) is 18.1 Å². The Hall–Kier alpha value is -0.850. The first-order chi connectivity index (χ1) is 7.84. The van der Waals surface area contributed by atoms with Crippen molar-refractivity contribution in [3.8, 4) is 0 Å². The molecule has 3 rings (SSSR count). The van der Waals surface area contributed by atoms with Crippen LogP contribution >= 0.6 is 11.8 Å². The van der Waals surface area contributed by atoms with Gasteiger partial charge in [-0.15, -0.1) is 11.8 Å². The Morgan fingerprint density at radius 2 is 2.24 bits per heavy atom. The number of rotatable bonds is 3. The second-order valence-corrected chi connectivity index (χ2v) is 5.48. The Bertz CT molecular complexity index is 398. The number of fused-ring (bicyclic) bond motifs is 1. The Morgan fingerprint density at radius 3 is 2.94 bits per heavy atom. The fraction of sp³-hybridized carbons (Fsp3) is 0.636. The van der Waals surface area contributed by atoms with Crippen molar-refractivity contribution in [2.24, 2.45) is 5.92 Å². The predicted octanol–water partition coefficient (Wildman–Crippen LogP) is 0.830. The van der Waals surface area contributed by atoms with Gasteiger partial charge in [-0.3, -0.25) is 0 Å². The topological polar surface area (TPSA) is 89.5 Å². The summed E-state index contributed by atoms with van der Waals surface area (Å²) in [7, 11) is 0. The SMILES string of the molecule is O.OC(Nc1ncnc2c1SCC2)C1CCC1. The van der Waals surface area contributed by atoms with E-state index in [2.05, 4.69) is 15.3 Å². The molecule has 0 aromatic carbocycles. The minimum absolute atomic E-state index is 0. The number of aliphatic hydroxyl groups excluding tert-OH is 1. The molecular weight excluding hydrogens is 238 g/mol. The molecule has 2 heterocycles. The van der Waals surface area contributed by atoms with E-state index in [4.69, 9.17) is 0 Å². The van der Waals surface area contributed by atoms with Crippen molar-refractivity contribution in [3.63, 3.8) is 0 Å². The Morgan fingerprint density at radius 1 is 1.41 bits per heavy atom. The number of aliphatic hydroxyl groups is 1. The molecule has 1 aliphatic carbocycles.